The maximum Gasteiger partial charge on any atom is 0.286 e. The molecular weight excluding hydrogens is 294 g/mol. The number of nitrogens with one attached hydrogen (secondary N) is 1. The third-order valence-electron chi connectivity index (χ3n) is 4.19. The van der Waals surface area contributed by atoms with Gasteiger partial charge in [-0.2, -0.15) is 0 Å². The van der Waals surface area contributed by atoms with Crippen molar-refractivity contribution in [2.24, 2.45) is 5.73 Å². The molecule has 1 saturated heterocycles. The van der Waals surface area contributed by atoms with E-state index in [9.17, 15) is 9.59 Å². The molecule has 0 atom stereocenters. The second-order valence-corrected chi connectivity index (χ2v) is 5.87. The molecular formula is C17H21N3O3. The molecule has 1 aromatic heterocycles. The van der Waals surface area contributed by atoms with E-state index in [0.29, 0.717) is 23.1 Å². The molecule has 1 aliphatic rings. The Morgan fingerprint density at radius 2 is 1.91 bits per heavy atom. The van der Waals surface area contributed by atoms with Crippen molar-refractivity contribution in [3.63, 3.8) is 0 Å². The molecule has 1 fully saturated rings. The van der Waals surface area contributed by atoms with E-state index in [-0.39, 0.29) is 11.7 Å². The van der Waals surface area contributed by atoms with Crippen molar-refractivity contribution >= 4 is 28.5 Å². The van der Waals surface area contributed by atoms with Gasteiger partial charge in [-0.1, -0.05) is 18.6 Å². The molecule has 2 heterocycles. The number of fused-ring (bicyclic) bond motifs is 1. The zero-order valence-corrected chi connectivity index (χ0v) is 13.0. The minimum Gasteiger partial charge on any atom is -0.449 e. The van der Waals surface area contributed by atoms with E-state index in [1.165, 1.54) is 19.3 Å². The van der Waals surface area contributed by atoms with Crippen LogP contribution in [0.15, 0.2) is 28.7 Å². The number of hydrogen-bond donors (Lipinski definition) is 2. The van der Waals surface area contributed by atoms with Crippen molar-refractivity contribution < 1.29 is 14.0 Å². The molecule has 6 nitrogen and oxygen atoms in total. The average Bonchev–Trinajstić information content (AvgIpc) is 2.93. The molecule has 2 amide bonds. The number of furan rings is 1. The molecule has 0 spiro atoms. The van der Waals surface area contributed by atoms with Crippen LogP contribution in [0.3, 0.4) is 0 Å². The molecule has 23 heavy (non-hydrogen) atoms. The fraction of sp³-hybridized carbons (Fsp3) is 0.412. The summed E-state index contributed by atoms with van der Waals surface area (Å²) in [6, 6.07) is 7.17. The molecule has 122 valence electrons. The minimum absolute atomic E-state index is 0.00229. The highest BCUT2D eigenvalue weighted by molar-refractivity contribution is 6.10. The van der Waals surface area contributed by atoms with Gasteiger partial charge in [0.25, 0.3) is 5.91 Å². The fourth-order valence-electron chi connectivity index (χ4n) is 2.99. The van der Waals surface area contributed by atoms with Gasteiger partial charge in [0, 0.05) is 18.4 Å². The van der Waals surface area contributed by atoms with Crippen LogP contribution in [-0.4, -0.2) is 36.3 Å². The second kappa shape index (κ2) is 6.83. The van der Waals surface area contributed by atoms with Gasteiger partial charge in [0.05, 0.1) is 0 Å². The Hall–Kier alpha value is -2.34. The molecule has 3 rings (SSSR count). The molecule has 2 aromatic rings. The van der Waals surface area contributed by atoms with Crippen molar-refractivity contribution in [2.75, 3.05) is 25.0 Å². The van der Waals surface area contributed by atoms with E-state index < -0.39 is 5.91 Å². The first-order valence-corrected chi connectivity index (χ1v) is 7.98. The normalized spacial score (nSPS) is 15.7. The van der Waals surface area contributed by atoms with E-state index >= 15 is 0 Å². The molecule has 1 aliphatic heterocycles. The summed E-state index contributed by atoms with van der Waals surface area (Å²) < 4.78 is 5.46. The van der Waals surface area contributed by atoms with Gasteiger partial charge in [0.15, 0.2) is 0 Å². The molecule has 0 saturated carbocycles. The number of benzene rings is 1. The number of carbonyl (C=O) groups is 2. The number of rotatable bonds is 5. The van der Waals surface area contributed by atoms with Gasteiger partial charge < -0.3 is 20.4 Å². The quantitative estimate of drug-likeness (QED) is 0.886. The summed E-state index contributed by atoms with van der Waals surface area (Å²) in [5, 5.41) is 3.48. The first-order chi connectivity index (χ1) is 11.1. The fourth-order valence-corrected chi connectivity index (χ4v) is 2.99. The van der Waals surface area contributed by atoms with Crippen LogP contribution in [0.25, 0.3) is 11.0 Å². The Morgan fingerprint density at radius 1 is 1.17 bits per heavy atom. The number of para-hydroxylation sites is 1. The van der Waals surface area contributed by atoms with Gasteiger partial charge in [0.2, 0.25) is 11.7 Å². The number of hydrogen-bond acceptors (Lipinski definition) is 4. The molecule has 1 aromatic carbocycles. The van der Waals surface area contributed by atoms with Crippen LogP contribution in [0, 0.1) is 0 Å². The summed E-state index contributed by atoms with van der Waals surface area (Å²) in [6.45, 7) is 2.83. The Morgan fingerprint density at radius 3 is 2.65 bits per heavy atom. The second-order valence-electron chi connectivity index (χ2n) is 5.87. The molecule has 6 heteroatoms. The van der Waals surface area contributed by atoms with Crippen molar-refractivity contribution in [1.29, 1.82) is 0 Å². The van der Waals surface area contributed by atoms with Crippen LogP contribution in [0.2, 0.25) is 0 Å². The first-order valence-electron chi connectivity index (χ1n) is 7.98. The number of primary amides is 1. The largest absolute Gasteiger partial charge is 0.449 e. The van der Waals surface area contributed by atoms with Crippen LogP contribution in [0.1, 0.15) is 36.2 Å². The molecule has 0 aliphatic carbocycles. The lowest BCUT2D eigenvalue weighted by Crippen LogP contribution is -2.32. The molecule has 0 radical (unpaired) electrons. The van der Waals surface area contributed by atoms with Crippen molar-refractivity contribution in [2.45, 2.75) is 25.7 Å². The Balaban J connectivity index is 1.71. The Labute approximate surface area is 134 Å². The lowest BCUT2D eigenvalue weighted by Gasteiger charge is -2.25. The number of amides is 2. The Kier molecular flexibility index (Phi) is 4.62. The monoisotopic (exact) mass is 315 g/mol. The third-order valence-corrected chi connectivity index (χ3v) is 4.19. The third kappa shape index (κ3) is 3.53. The van der Waals surface area contributed by atoms with Gasteiger partial charge in [-0.15, -0.1) is 0 Å². The molecule has 0 unspecified atom stereocenters. The highest BCUT2D eigenvalue weighted by atomic mass is 16.3. The number of carbonyl (C=O) groups excluding carboxylic acids is 2. The standard InChI is InChI=1S/C17H21N3O3/c18-17(22)16-15(12-6-2-3-7-13(12)23-16)19-14(21)8-11-20-9-4-1-5-10-20/h2-3,6-7H,1,4-5,8-11H2,(H2,18,22)(H,19,21). The summed E-state index contributed by atoms with van der Waals surface area (Å²) in [5.41, 5.74) is 6.26. The first kappa shape index (κ1) is 15.6. The zero-order valence-electron chi connectivity index (χ0n) is 13.0. The SMILES string of the molecule is NC(=O)c1oc2ccccc2c1NC(=O)CCN1CCCCC1. The van der Waals surface area contributed by atoms with Gasteiger partial charge in [-0.05, 0) is 38.1 Å². The van der Waals surface area contributed by atoms with Crippen molar-refractivity contribution in [3.05, 3.63) is 30.0 Å². The van der Waals surface area contributed by atoms with Crippen LogP contribution >= 0.6 is 0 Å². The van der Waals surface area contributed by atoms with Gasteiger partial charge in [0.1, 0.15) is 11.3 Å². The summed E-state index contributed by atoms with van der Waals surface area (Å²) in [5.74, 6) is -0.824. The highest BCUT2D eigenvalue weighted by Gasteiger charge is 2.20. The number of likely N-dealkylation sites (tertiary alicyclic amines) is 1. The maximum absolute atomic E-state index is 12.2. The van der Waals surface area contributed by atoms with Gasteiger partial charge in [-0.25, -0.2) is 0 Å². The molecule has 0 bridgehead atoms. The topological polar surface area (TPSA) is 88.6 Å². The predicted octanol–water partition coefficient (Wildman–Crippen LogP) is 2.35. The van der Waals surface area contributed by atoms with E-state index in [1.54, 1.807) is 18.2 Å². The minimum atomic E-state index is -0.687. The molecule has 3 N–H and O–H groups in total. The smallest absolute Gasteiger partial charge is 0.286 e. The van der Waals surface area contributed by atoms with E-state index in [0.717, 1.165) is 19.6 Å². The Bertz CT molecular complexity index is 717. The summed E-state index contributed by atoms with van der Waals surface area (Å²) in [6.07, 6.45) is 4.04. The van der Waals surface area contributed by atoms with E-state index in [4.69, 9.17) is 10.2 Å². The van der Waals surface area contributed by atoms with Crippen molar-refractivity contribution in [1.82, 2.24) is 4.90 Å². The number of nitrogens with two attached hydrogens (primary N) is 1. The predicted molar refractivity (Wildman–Crippen MR) is 88.3 cm³/mol. The van der Waals surface area contributed by atoms with Crippen LogP contribution in [0.5, 0.6) is 0 Å². The number of piperidine rings is 1. The van der Waals surface area contributed by atoms with Gasteiger partial charge in [-0.3, -0.25) is 9.59 Å². The zero-order chi connectivity index (χ0) is 16.2. The van der Waals surface area contributed by atoms with E-state index in [1.807, 2.05) is 6.07 Å². The average molecular weight is 315 g/mol. The van der Waals surface area contributed by atoms with Crippen LogP contribution in [0.4, 0.5) is 5.69 Å². The number of nitrogens with zero attached hydrogens (tertiary/aromatic N) is 1. The lowest BCUT2D eigenvalue weighted by molar-refractivity contribution is -0.116. The van der Waals surface area contributed by atoms with Gasteiger partial charge >= 0.3 is 0 Å². The maximum atomic E-state index is 12.2. The van der Waals surface area contributed by atoms with Crippen molar-refractivity contribution in [3.8, 4) is 0 Å². The lowest BCUT2D eigenvalue weighted by atomic mass is 10.1. The highest BCUT2D eigenvalue weighted by Crippen LogP contribution is 2.30. The van der Waals surface area contributed by atoms with E-state index in [2.05, 4.69) is 10.2 Å². The number of anilines is 1. The van der Waals surface area contributed by atoms with Crippen LogP contribution in [-0.2, 0) is 4.79 Å². The summed E-state index contributed by atoms with van der Waals surface area (Å²) >= 11 is 0. The van der Waals surface area contributed by atoms with Crippen LogP contribution < -0.4 is 11.1 Å². The summed E-state index contributed by atoms with van der Waals surface area (Å²) in [4.78, 5) is 26.1. The summed E-state index contributed by atoms with van der Waals surface area (Å²) in [7, 11) is 0.